The highest BCUT2D eigenvalue weighted by atomic mass is 19.4. The molecule has 2 N–H and O–H groups in total. The van der Waals surface area contributed by atoms with E-state index >= 15 is 0 Å². The summed E-state index contributed by atoms with van der Waals surface area (Å²) in [6.45, 7) is 0.663. The lowest BCUT2D eigenvalue weighted by atomic mass is 10.3. The summed E-state index contributed by atoms with van der Waals surface area (Å²) in [6, 6.07) is 0. The molecule has 0 aliphatic carbocycles. The summed E-state index contributed by atoms with van der Waals surface area (Å²) in [4.78, 5) is 4.21. The molecule has 0 amide bonds. The molecule has 0 fully saturated rings. The number of rotatable bonds is 4. The molecule has 0 bridgehead atoms. The Morgan fingerprint density at radius 2 is 2.29 bits per heavy atom. The Bertz CT molecular complexity index is 284. The van der Waals surface area contributed by atoms with Gasteiger partial charge in [0.1, 0.15) is 0 Å². The van der Waals surface area contributed by atoms with E-state index in [0.717, 1.165) is 11.3 Å². The Labute approximate surface area is 78.4 Å². The van der Waals surface area contributed by atoms with Crippen molar-refractivity contribution in [3.05, 3.63) is 17.5 Å². The lowest BCUT2D eigenvalue weighted by Gasteiger charge is -2.07. The summed E-state index contributed by atoms with van der Waals surface area (Å²) >= 11 is 0. The first-order valence-corrected chi connectivity index (χ1v) is 3.89. The molecule has 1 rings (SSSR count). The Morgan fingerprint density at radius 1 is 1.57 bits per heavy atom. The minimum atomic E-state index is -4.31. The Morgan fingerprint density at radius 3 is 2.79 bits per heavy atom. The maximum atomic E-state index is 11.6. The van der Waals surface area contributed by atoms with Gasteiger partial charge in [-0.1, -0.05) is 0 Å². The Hall–Kier alpha value is -1.08. The summed E-state index contributed by atoms with van der Waals surface area (Å²) in [5.41, 5.74) is 3.77. The van der Waals surface area contributed by atoms with E-state index in [4.69, 9.17) is 0 Å². The van der Waals surface area contributed by atoms with Gasteiger partial charge in [0.25, 0.3) is 0 Å². The van der Waals surface area contributed by atoms with Crippen LogP contribution in [0.5, 0.6) is 0 Å². The third-order valence-electron chi connectivity index (χ3n) is 1.53. The van der Waals surface area contributed by atoms with Crippen LogP contribution in [0.4, 0.5) is 13.2 Å². The van der Waals surface area contributed by atoms with Gasteiger partial charge in [-0.3, -0.25) is 9.94 Å². The Kier molecular flexibility index (Phi) is 3.48. The molecule has 0 aliphatic heterocycles. The van der Waals surface area contributed by atoms with Crippen molar-refractivity contribution in [1.29, 1.82) is 0 Å². The van der Waals surface area contributed by atoms with Gasteiger partial charge >= 0.3 is 6.18 Å². The quantitative estimate of drug-likeness (QED) is 0.580. The van der Waals surface area contributed by atoms with Crippen LogP contribution >= 0.6 is 0 Å². The van der Waals surface area contributed by atoms with Gasteiger partial charge in [-0.2, -0.15) is 23.8 Å². The van der Waals surface area contributed by atoms with Crippen LogP contribution in [-0.4, -0.2) is 23.0 Å². The molecule has 14 heavy (non-hydrogen) atoms. The molecule has 0 saturated carbocycles. The lowest BCUT2D eigenvalue weighted by Crippen LogP contribution is -2.24. The molecule has 1 aromatic heterocycles. The molecule has 1 heterocycles. The molecule has 80 valence electrons. The number of aromatic nitrogens is 2. The fraction of sp³-hybridized carbons (Fsp3) is 0.571. The van der Waals surface area contributed by atoms with Crippen molar-refractivity contribution in [2.24, 2.45) is 0 Å². The minimum absolute atomic E-state index is 0.193. The SMILES string of the molecule is Cc1[nH]ncc1CNOCC(F)(F)F. The zero-order valence-corrected chi connectivity index (χ0v) is 7.48. The first kappa shape index (κ1) is 11.0. The van der Waals surface area contributed by atoms with Crippen LogP contribution in [-0.2, 0) is 11.4 Å². The molecule has 7 heteroatoms. The van der Waals surface area contributed by atoms with Gasteiger partial charge in [-0.25, -0.2) is 0 Å². The molecule has 0 aliphatic rings. The van der Waals surface area contributed by atoms with Gasteiger partial charge in [0.2, 0.25) is 0 Å². The van der Waals surface area contributed by atoms with Gasteiger partial charge < -0.3 is 0 Å². The monoisotopic (exact) mass is 209 g/mol. The summed E-state index contributed by atoms with van der Waals surface area (Å²) in [5.74, 6) is 0. The van der Waals surface area contributed by atoms with E-state index in [0.29, 0.717) is 0 Å². The molecule has 0 aromatic carbocycles. The summed E-state index contributed by atoms with van der Waals surface area (Å²) in [5, 5.41) is 6.36. The molecular weight excluding hydrogens is 199 g/mol. The van der Waals surface area contributed by atoms with Crippen LogP contribution in [0, 0.1) is 6.92 Å². The number of halogens is 3. The minimum Gasteiger partial charge on any atom is -0.292 e. The fourth-order valence-corrected chi connectivity index (χ4v) is 0.816. The number of nitrogens with zero attached hydrogens (tertiary/aromatic N) is 1. The number of aromatic amines is 1. The topological polar surface area (TPSA) is 49.9 Å². The maximum Gasteiger partial charge on any atom is 0.413 e. The standard InChI is InChI=1S/C7H10F3N3O/c1-5-6(2-11-13-5)3-12-14-4-7(8,9)10/h2,12H,3-4H2,1H3,(H,11,13). The van der Waals surface area contributed by atoms with Gasteiger partial charge in [-0.15, -0.1) is 0 Å². The number of nitrogens with one attached hydrogen (secondary N) is 2. The predicted octanol–water partition coefficient (Wildman–Crippen LogP) is 1.30. The van der Waals surface area contributed by atoms with Crippen LogP contribution < -0.4 is 5.48 Å². The van der Waals surface area contributed by atoms with E-state index in [-0.39, 0.29) is 6.54 Å². The first-order chi connectivity index (χ1) is 6.49. The van der Waals surface area contributed by atoms with Gasteiger partial charge in [0.15, 0.2) is 6.61 Å². The van der Waals surface area contributed by atoms with Gasteiger partial charge in [0.05, 0.1) is 6.20 Å². The van der Waals surface area contributed by atoms with Crippen molar-refractivity contribution >= 4 is 0 Å². The van der Waals surface area contributed by atoms with Crippen LogP contribution in [0.1, 0.15) is 11.3 Å². The average molecular weight is 209 g/mol. The fourth-order valence-electron chi connectivity index (χ4n) is 0.816. The molecule has 0 unspecified atom stereocenters. The number of hydroxylamine groups is 1. The number of aryl methyl sites for hydroxylation is 1. The van der Waals surface area contributed by atoms with Gasteiger partial charge in [-0.05, 0) is 6.92 Å². The highest BCUT2D eigenvalue weighted by Gasteiger charge is 2.27. The van der Waals surface area contributed by atoms with Crippen molar-refractivity contribution in [3.8, 4) is 0 Å². The number of hydrogen-bond donors (Lipinski definition) is 2. The van der Waals surface area contributed by atoms with Gasteiger partial charge in [0, 0.05) is 17.8 Å². The molecular formula is C7H10F3N3O. The molecule has 0 spiro atoms. The summed E-state index contributed by atoms with van der Waals surface area (Å²) in [7, 11) is 0. The van der Waals surface area contributed by atoms with Crippen molar-refractivity contribution in [2.45, 2.75) is 19.6 Å². The van der Waals surface area contributed by atoms with Crippen molar-refractivity contribution in [2.75, 3.05) is 6.61 Å². The normalized spacial score (nSPS) is 12.0. The first-order valence-electron chi connectivity index (χ1n) is 3.89. The number of hydrogen-bond acceptors (Lipinski definition) is 3. The number of alkyl halides is 3. The molecule has 0 saturated heterocycles. The Balaban J connectivity index is 2.20. The van der Waals surface area contributed by atoms with E-state index in [1.54, 1.807) is 6.92 Å². The second-order valence-electron chi connectivity index (χ2n) is 2.75. The second-order valence-corrected chi connectivity index (χ2v) is 2.75. The molecule has 1 aromatic rings. The zero-order valence-electron chi connectivity index (χ0n) is 7.48. The van der Waals surface area contributed by atoms with Crippen LogP contribution in [0.2, 0.25) is 0 Å². The smallest absolute Gasteiger partial charge is 0.292 e. The van der Waals surface area contributed by atoms with Crippen molar-refractivity contribution < 1.29 is 18.0 Å². The largest absolute Gasteiger partial charge is 0.413 e. The lowest BCUT2D eigenvalue weighted by molar-refractivity contribution is -0.190. The van der Waals surface area contributed by atoms with E-state index < -0.39 is 12.8 Å². The van der Waals surface area contributed by atoms with E-state index in [1.807, 2.05) is 0 Å². The second kappa shape index (κ2) is 4.43. The summed E-state index contributed by atoms with van der Waals surface area (Å²) in [6.07, 6.45) is -2.78. The van der Waals surface area contributed by atoms with Crippen LogP contribution in [0.25, 0.3) is 0 Å². The molecule has 4 nitrogen and oxygen atoms in total. The predicted molar refractivity (Wildman–Crippen MR) is 42.2 cm³/mol. The third kappa shape index (κ3) is 3.75. The molecule has 0 atom stereocenters. The zero-order chi connectivity index (χ0) is 10.6. The maximum absolute atomic E-state index is 11.6. The van der Waals surface area contributed by atoms with E-state index in [1.165, 1.54) is 6.20 Å². The molecule has 0 radical (unpaired) electrons. The van der Waals surface area contributed by atoms with Crippen molar-refractivity contribution in [3.63, 3.8) is 0 Å². The van der Waals surface area contributed by atoms with E-state index in [9.17, 15) is 13.2 Å². The van der Waals surface area contributed by atoms with Crippen LogP contribution in [0.3, 0.4) is 0 Å². The highest BCUT2D eigenvalue weighted by molar-refractivity contribution is 5.13. The summed E-state index contributed by atoms with van der Waals surface area (Å²) < 4.78 is 34.9. The average Bonchev–Trinajstić information content (AvgIpc) is 2.44. The highest BCUT2D eigenvalue weighted by Crippen LogP contribution is 2.13. The van der Waals surface area contributed by atoms with E-state index in [2.05, 4.69) is 20.5 Å². The van der Waals surface area contributed by atoms with Crippen molar-refractivity contribution in [1.82, 2.24) is 15.7 Å². The van der Waals surface area contributed by atoms with Crippen LogP contribution in [0.15, 0.2) is 6.20 Å². The third-order valence-corrected chi connectivity index (χ3v) is 1.53. The number of H-pyrrole nitrogens is 1.